The van der Waals surface area contributed by atoms with Crippen LogP contribution in [0.3, 0.4) is 0 Å². The molecule has 3 rings (SSSR count). The molecule has 0 aliphatic rings. The molecule has 0 spiro atoms. The number of anilines is 2. The zero-order valence-corrected chi connectivity index (χ0v) is 15.7. The SMILES string of the molecule is O=C(Nc1ccccc1C(F)(F)F)c1ccc(NC(=O)c2ccccc2C(=O)[O-])cc1. The van der Waals surface area contributed by atoms with Gasteiger partial charge in [-0.2, -0.15) is 13.2 Å². The van der Waals surface area contributed by atoms with Crippen LogP contribution in [0.15, 0.2) is 72.8 Å². The Hall–Kier alpha value is -4.14. The second-order valence-corrected chi connectivity index (χ2v) is 6.36. The van der Waals surface area contributed by atoms with Crippen molar-refractivity contribution >= 4 is 29.2 Å². The van der Waals surface area contributed by atoms with Crippen LogP contribution < -0.4 is 15.7 Å². The molecule has 2 N–H and O–H groups in total. The Kier molecular flexibility index (Phi) is 6.05. The van der Waals surface area contributed by atoms with Gasteiger partial charge < -0.3 is 20.5 Å². The predicted molar refractivity (Wildman–Crippen MR) is 105 cm³/mol. The molecule has 3 aromatic rings. The molecule has 0 radical (unpaired) electrons. The molecule has 0 bridgehead atoms. The summed E-state index contributed by atoms with van der Waals surface area (Å²) in [5.41, 5.74) is -1.42. The van der Waals surface area contributed by atoms with Crippen molar-refractivity contribution in [1.82, 2.24) is 0 Å². The van der Waals surface area contributed by atoms with E-state index < -0.39 is 29.5 Å². The summed E-state index contributed by atoms with van der Waals surface area (Å²) >= 11 is 0. The highest BCUT2D eigenvalue weighted by atomic mass is 19.4. The largest absolute Gasteiger partial charge is 0.545 e. The maximum Gasteiger partial charge on any atom is 0.418 e. The van der Waals surface area contributed by atoms with Gasteiger partial charge in [0.15, 0.2) is 0 Å². The van der Waals surface area contributed by atoms with Crippen molar-refractivity contribution in [2.45, 2.75) is 6.18 Å². The minimum Gasteiger partial charge on any atom is -0.545 e. The topological polar surface area (TPSA) is 98.3 Å². The van der Waals surface area contributed by atoms with E-state index in [0.29, 0.717) is 0 Å². The van der Waals surface area contributed by atoms with E-state index in [0.717, 1.165) is 12.1 Å². The summed E-state index contributed by atoms with van der Waals surface area (Å²) in [6, 6.07) is 15.4. The van der Waals surface area contributed by atoms with Crippen LogP contribution in [0.4, 0.5) is 24.5 Å². The van der Waals surface area contributed by atoms with Crippen LogP contribution in [0.2, 0.25) is 0 Å². The Balaban J connectivity index is 1.73. The zero-order chi connectivity index (χ0) is 22.6. The summed E-state index contributed by atoms with van der Waals surface area (Å²) in [6.45, 7) is 0. The van der Waals surface area contributed by atoms with Crippen LogP contribution in [-0.2, 0) is 6.18 Å². The van der Waals surface area contributed by atoms with Gasteiger partial charge in [0, 0.05) is 22.4 Å². The van der Waals surface area contributed by atoms with Crippen molar-refractivity contribution in [2.75, 3.05) is 10.6 Å². The fourth-order valence-electron chi connectivity index (χ4n) is 2.80. The van der Waals surface area contributed by atoms with Crippen molar-refractivity contribution in [3.63, 3.8) is 0 Å². The number of carboxylic acid groups (broad SMARTS) is 1. The summed E-state index contributed by atoms with van der Waals surface area (Å²) in [5, 5.41) is 15.8. The van der Waals surface area contributed by atoms with Gasteiger partial charge >= 0.3 is 6.18 Å². The van der Waals surface area contributed by atoms with Gasteiger partial charge in [-0.1, -0.05) is 30.3 Å². The number of carbonyl (C=O) groups is 3. The zero-order valence-electron chi connectivity index (χ0n) is 15.7. The molecule has 9 heteroatoms. The van der Waals surface area contributed by atoms with E-state index >= 15 is 0 Å². The van der Waals surface area contributed by atoms with Gasteiger partial charge in [-0.05, 0) is 42.5 Å². The molecule has 0 aliphatic carbocycles. The summed E-state index contributed by atoms with van der Waals surface area (Å²) < 4.78 is 39.2. The molecule has 0 aliphatic heterocycles. The molecule has 0 saturated heterocycles. The number of rotatable bonds is 5. The molecule has 3 aromatic carbocycles. The average molecular weight is 427 g/mol. The highest BCUT2D eigenvalue weighted by molar-refractivity contribution is 6.10. The molecule has 0 saturated carbocycles. The smallest absolute Gasteiger partial charge is 0.418 e. The molecular weight excluding hydrogens is 413 g/mol. The first-order valence-electron chi connectivity index (χ1n) is 8.86. The second kappa shape index (κ2) is 8.70. The third kappa shape index (κ3) is 5.08. The van der Waals surface area contributed by atoms with Gasteiger partial charge in [0.05, 0.1) is 17.2 Å². The number of aromatic carboxylic acids is 1. The molecule has 2 amide bonds. The summed E-state index contributed by atoms with van der Waals surface area (Å²) in [6.07, 6.45) is -4.63. The minimum atomic E-state index is -4.63. The van der Waals surface area contributed by atoms with Crippen LogP contribution in [0.5, 0.6) is 0 Å². The van der Waals surface area contributed by atoms with Crippen LogP contribution in [-0.4, -0.2) is 17.8 Å². The number of nitrogens with one attached hydrogen (secondary N) is 2. The predicted octanol–water partition coefficient (Wildman–Crippen LogP) is 3.57. The first kappa shape index (κ1) is 21.6. The van der Waals surface area contributed by atoms with E-state index in [1.54, 1.807) is 0 Å². The molecule has 0 aromatic heterocycles. The number of hydrogen-bond acceptors (Lipinski definition) is 4. The lowest BCUT2D eigenvalue weighted by molar-refractivity contribution is -0.255. The highest BCUT2D eigenvalue weighted by Crippen LogP contribution is 2.34. The van der Waals surface area contributed by atoms with Crippen LogP contribution in [0.1, 0.15) is 36.6 Å². The van der Waals surface area contributed by atoms with E-state index in [-0.39, 0.29) is 28.1 Å². The van der Waals surface area contributed by atoms with Gasteiger partial charge in [0.25, 0.3) is 11.8 Å². The van der Waals surface area contributed by atoms with Gasteiger partial charge in [-0.15, -0.1) is 0 Å². The van der Waals surface area contributed by atoms with Crippen molar-refractivity contribution in [2.24, 2.45) is 0 Å². The lowest BCUT2D eigenvalue weighted by Crippen LogP contribution is -2.26. The van der Waals surface area contributed by atoms with Crippen molar-refractivity contribution in [1.29, 1.82) is 0 Å². The lowest BCUT2D eigenvalue weighted by Gasteiger charge is -2.14. The van der Waals surface area contributed by atoms with Crippen molar-refractivity contribution in [3.05, 3.63) is 95.1 Å². The number of benzene rings is 3. The number of hydrogen-bond donors (Lipinski definition) is 2. The highest BCUT2D eigenvalue weighted by Gasteiger charge is 2.33. The Labute approximate surface area is 174 Å². The quantitative estimate of drug-likeness (QED) is 0.650. The number of alkyl halides is 3. The lowest BCUT2D eigenvalue weighted by atomic mass is 10.1. The van der Waals surface area contributed by atoms with E-state index in [2.05, 4.69) is 10.6 Å². The Bertz CT molecular complexity index is 1140. The van der Waals surface area contributed by atoms with E-state index in [1.165, 1.54) is 60.7 Å². The number of amides is 2. The minimum absolute atomic E-state index is 0.0603. The van der Waals surface area contributed by atoms with Crippen LogP contribution in [0.25, 0.3) is 0 Å². The normalized spacial score (nSPS) is 10.9. The van der Waals surface area contributed by atoms with Crippen molar-refractivity contribution in [3.8, 4) is 0 Å². The Morgan fingerprint density at radius 1 is 0.710 bits per heavy atom. The third-order valence-electron chi connectivity index (χ3n) is 4.28. The third-order valence-corrected chi connectivity index (χ3v) is 4.28. The fraction of sp³-hybridized carbons (Fsp3) is 0.0455. The second-order valence-electron chi connectivity index (χ2n) is 6.36. The van der Waals surface area contributed by atoms with Gasteiger partial charge in [0.2, 0.25) is 0 Å². The number of carbonyl (C=O) groups excluding carboxylic acids is 3. The molecule has 0 unspecified atom stereocenters. The first-order valence-corrected chi connectivity index (χ1v) is 8.86. The van der Waals surface area contributed by atoms with Gasteiger partial charge in [-0.3, -0.25) is 9.59 Å². The summed E-state index contributed by atoms with van der Waals surface area (Å²) in [4.78, 5) is 35.8. The number of para-hydroxylation sites is 1. The average Bonchev–Trinajstić information content (AvgIpc) is 2.73. The van der Waals surface area contributed by atoms with E-state index in [4.69, 9.17) is 0 Å². The standard InChI is InChI=1S/C22H15F3N2O4/c23-22(24,25)17-7-3-4-8-18(17)27-19(28)13-9-11-14(12-10-13)26-20(29)15-5-1-2-6-16(15)21(30)31/h1-12H,(H,26,29)(H,27,28)(H,30,31)/p-1. The van der Waals surface area contributed by atoms with Gasteiger partial charge in [0.1, 0.15) is 0 Å². The maximum atomic E-state index is 13.1. The first-order chi connectivity index (χ1) is 14.7. The van der Waals surface area contributed by atoms with E-state index in [9.17, 15) is 32.7 Å². The molecule has 158 valence electrons. The van der Waals surface area contributed by atoms with Gasteiger partial charge in [-0.25, -0.2) is 0 Å². The maximum absolute atomic E-state index is 13.1. The molecule has 0 heterocycles. The number of carboxylic acids is 1. The fourth-order valence-corrected chi connectivity index (χ4v) is 2.80. The summed E-state index contributed by atoms with van der Waals surface area (Å²) in [5.74, 6) is -2.97. The monoisotopic (exact) mass is 427 g/mol. The molecular formula is C22H14F3N2O4-. The molecule has 31 heavy (non-hydrogen) atoms. The Morgan fingerprint density at radius 3 is 1.90 bits per heavy atom. The van der Waals surface area contributed by atoms with E-state index in [1.807, 2.05) is 0 Å². The van der Waals surface area contributed by atoms with Crippen molar-refractivity contribution < 1.29 is 32.7 Å². The Morgan fingerprint density at radius 2 is 1.29 bits per heavy atom. The van der Waals surface area contributed by atoms with Crippen LogP contribution >= 0.6 is 0 Å². The van der Waals surface area contributed by atoms with Crippen LogP contribution in [0, 0.1) is 0 Å². The molecule has 0 fully saturated rings. The molecule has 0 atom stereocenters. The summed E-state index contributed by atoms with van der Waals surface area (Å²) in [7, 11) is 0. The molecule has 6 nitrogen and oxygen atoms in total. The number of halogens is 3.